The summed E-state index contributed by atoms with van der Waals surface area (Å²) in [7, 11) is 1.94. The van der Waals surface area contributed by atoms with Gasteiger partial charge in [-0.15, -0.1) is 0 Å². The number of halogens is 2. The molecule has 0 bridgehead atoms. The Hall–Kier alpha value is -0.940. The van der Waals surface area contributed by atoms with E-state index in [0.717, 1.165) is 12.1 Å². The minimum Gasteiger partial charge on any atom is -0.388 e. The Labute approximate surface area is 103 Å². The summed E-state index contributed by atoms with van der Waals surface area (Å²) < 4.78 is 13.5. The van der Waals surface area contributed by atoms with Gasteiger partial charge in [0.05, 0.1) is 10.3 Å². The molecule has 1 aromatic rings. The van der Waals surface area contributed by atoms with E-state index in [0.29, 0.717) is 17.4 Å². The molecule has 3 nitrogen and oxygen atoms in total. The number of nitrogens with one attached hydrogen (secondary N) is 1. The molecule has 0 amide bonds. The number of nitrogens with two attached hydrogens (primary N) is 1. The first kappa shape index (κ1) is 13.1. The van der Waals surface area contributed by atoms with Gasteiger partial charge in [0.15, 0.2) is 0 Å². The Balaban J connectivity index is 2.52. The van der Waals surface area contributed by atoms with E-state index in [9.17, 15) is 4.39 Å². The zero-order valence-corrected chi connectivity index (χ0v) is 10.7. The topological polar surface area (TPSA) is 53.1 Å². The SMILES string of the molecule is CN(CCC(=N)N)Cc1ccc(F)c(Br)c1. The molecule has 88 valence electrons. The van der Waals surface area contributed by atoms with Crippen LogP contribution in [0, 0.1) is 11.2 Å². The van der Waals surface area contributed by atoms with Crippen LogP contribution >= 0.6 is 15.9 Å². The molecular formula is C11H15BrFN3. The smallest absolute Gasteiger partial charge is 0.137 e. The second-order valence-electron chi connectivity index (χ2n) is 3.76. The van der Waals surface area contributed by atoms with Crippen LogP contribution in [-0.2, 0) is 6.54 Å². The quantitative estimate of drug-likeness (QED) is 0.645. The zero-order chi connectivity index (χ0) is 12.1. The van der Waals surface area contributed by atoms with Crippen molar-refractivity contribution < 1.29 is 4.39 Å². The van der Waals surface area contributed by atoms with Crippen molar-refractivity contribution in [3.63, 3.8) is 0 Å². The maximum absolute atomic E-state index is 13.0. The summed E-state index contributed by atoms with van der Waals surface area (Å²) in [5.74, 6) is -0.0673. The van der Waals surface area contributed by atoms with Crippen molar-refractivity contribution in [2.45, 2.75) is 13.0 Å². The van der Waals surface area contributed by atoms with Gasteiger partial charge in [0.2, 0.25) is 0 Å². The third-order valence-corrected chi connectivity index (χ3v) is 2.81. The van der Waals surface area contributed by atoms with Crippen LogP contribution in [0.5, 0.6) is 0 Å². The van der Waals surface area contributed by atoms with E-state index in [4.69, 9.17) is 11.1 Å². The molecule has 0 aliphatic carbocycles. The Morgan fingerprint density at radius 3 is 2.81 bits per heavy atom. The van der Waals surface area contributed by atoms with E-state index in [2.05, 4.69) is 15.9 Å². The third-order valence-electron chi connectivity index (χ3n) is 2.20. The molecule has 0 atom stereocenters. The molecule has 5 heteroatoms. The lowest BCUT2D eigenvalue weighted by Gasteiger charge is -2.16. The standard InChI is InChI=1S/C11H15BrFN3/c1-16(5-4-11(14)15)7-8-2-3-10(13)9(12)6-8/h2-3,6H,4-5,7H2,1H3,(H3,14,15). The second-order valence-corrected chi connectivity index (χ2v) is 4.62. The van der Waals surface area contributed by atoms with Crippen LogP contribution in [0.25, 0.3) is 0 Å². The summed E-state index contributed by atoms with van der Waals surface area (Å²) in [5, 5.41) is 7.12. The molecule has 0 saturated heterocycles. The molecule has 1 aromatic carbocycles. The van der Waals surface area contributed by atoms with Gasteiger partial charge in [-0.1, -0.05) is 6.07 Å². The van der Waals surface area contributed by atoms with Crippen molar-refractivity contribution in [3.05, 3.63) is 34.1 Å². The number of rotatable bonds is 5. The Bertz CT molecular complexity index is 381. The van der Waals surface area contributed by atoms with Gasteiger partial charge in [-0.3, -0.25) is 5.41 Å². The predicted molar refractivity (Wildman–Crippen MR) is 67.0 cm³/mol. The van der Waals surface area contributed by atoms with E-state index in [1.54, 1.807) is 12.1 Å². The van der Waals surface area contributed by atoms with Crippen LogP contribution in [-0.4, -0.2) is 24.3 Å². The number of hydrogen-bond acceptors (Lipinski definition) is 2. The van der Waals surface area contributed by atoms with Crippen LogP contribution in [0.3, 0.4) is 0 Å². The van der Waals surface area contributed by atoms with Crippen LogP contribution < -0.4 is 5.73 Å². The Kier molecular flexibility index (Phi) is 4.89. The van der Waals surface area contributed by atoms with Crippen molar-refractivity contribution in [1.82, 2.24) is 4.90 Å². The largest absolute Gasteiger partial charge is 0.388 e. The highest BCUT2D eigenvalue weighted by Gasteiger charge is 2.04. The molecule has 0 fully saturated rings. The lowest BCUT2D eigenvalue weighted by Crippen LogP contribution is -2.23. The Morgan fingerprint density at radius 2 is 2.25 bits per heavy atom. The van der Waals surface area contributed by atoms with Gasteiger partial charge in [0.25, 0.3) is 0 Å². The second kappa shape index (κ2) is 5.96. The van der Waals surface area contributed by atoms with Crippen LogP contribution in [0.4, 0.5) is 4.39 Å². The number of benzene rings is 1. The molecule has 0 unspecified atom stereocenters. The van der Waals surface area contributed by atoms with Crippen LogP contribution in [0.2, 0.25) is 0 Å². The average molecular weight is 288 g/mol. The maximum atomic E-state index is 13.0. The van der Waals surface area contributed by atoms with Gasteiger partial charge in [-0.25, -0.2) is 4.39 Å². The zero-order valence-electron chi connectivity index (χ0n) is 9.13. The summed E-state index contributed by atoms with van der Waals surface area (Å²) in [6.45, 7) is 1.44. The van der Waals surface area contributed by atoms with Crippen molar-refractivity contribution in [2.75, 3.05) is 13.6 Å². The fraction of sp³-hybridized carbons (Fsp3) is 0.364. The van der Waals surface area contributed by atoms with Crippen LogP contribution in [0.15, 0.2) is 22.7 Å². The molecule has 0 aliphatic heterocycles. The lowest BCUT2D eigenvalue weighted by atomic mass is 10.2. The minimum absolute atomic E-state index is 0.187. The predicted octanol–water partition coefficient (Wildman–Crippen LogP) is 2.35. The van der Waals surface area contributed by atoms with Crippen molar-refractivity contribution in [1.29, 1.82) is 5.41 Å². The highest BCUT2D eigenvalue weighted by atomic mass is 79.9. The van der Waals surface area contributed by atoms with Gasteiger partial charge in [0, 0.05) is 19.5 Å². The summed E-state index contributed by atoms with van der Waals surface area (Å²) in [4.78, 5) is 2.04. The van der Waals surface area contributed by atoms with Gasteiger partial charge in [-0.2, -0.15) is 0 Å². The van der Waals surface area contributed by atoms with Crippen molar-refractivity contribution in [3.8, 4) is 0 Å². The number of nitrogens with zero attached hydrogens (tertiary/aromatic N) is 1. The summed E-state index contributed by atoms with van der Waals surface area (Å²) in [6.07, 6.45) is 0.554. The number of hydrogen-bond donors (Lipinski definition) is 2. The summed E-state index contributed by atoms with van der Waals surface area (Å²) >= 11 is 3.15. The molecule has 16 heavy (non-hydrogen) atoms. The van der Waals surface area contributed by atoms with Crippen molar-refractivity contribution in [2.24, 2.45) is 5.73 Å². The summed E-state index contributed by atoms with van der Waals surface area (Å²) in [5.41, 5.74) is 6.30. The molecule has 0 radical (unpaired) electrons. The normalized spacial score (nSPS) is 10.8. The van der Waals surface area contributed by atoms with Gasteiger partial charge >= 0.3 is 0 Å². The minimum atomic E-state index is -0.255. The Morgan fingerprint density at radius 1 is 1.56 bits per heavy atom. The molecule has 3 N–H and O–H groups in total. The highest BCUT2D eigenvalue weighted by molar-refractivity contribution is 9.10. The first-order valence-electron chi connectivity index (χ1n) is 4.94. The first-order valence-corrected chi connectivity index (χ1v) is 5.73. The first-order chi connectivity index (χ1) is 7.49. The van der Waals surface area contributed by atoms with E-state index in [1.807, 2.05) is 11.9 Å². The molecule has 0 spiro atoms. The molecule has 1 rings (SSSR count). The monoisotopic (exact) mass is 287 g/mol. The third kappa shape index (κ3) is 4.28. The molecule has 0 aliphatic rings. The summed E-state index contributed by atoms with van der Waals surface area (Å²) in [6, 6.07) is 4.96. The molecule has 0 heterocycles. The van der Waals surface area contributed by atoms with E-state index in [-0.39, 0.29) is 11.7 Å². The number of amidine groups is 1. The van der Waals surface area contributed by atoms with Gasteiger partial charge < -0.3 is 10.6 Å². The fourth-order valence-electron chi connectivity index (χ4n) is 1.34. The molecule has 0 saturated carbocycles. The maximum Gasteiger partial charge on any atom is 0.137 e. The van der Waals surface area contributed by atoms with E-state index in [1.165, 1.54) is 6.07 Å². The van der Waals surface area contributed by atoms with Gasteiger partial charge in [-0.05, 0) is 40.7 Å². The van der Waals surface area contributed by atoms with E-state index >= 15 is 0 Å². The highest BCUT2D eigenvalue weighted by Crippen LogP contribution is 2.17. The lowest BCUT2D eigenvalue weighted by molar-refractivity contribution is 0.336. The average Bonchev–Trinajstić information content (AvgIpc) is 2.21. The van der Waals surface area contributed by atoms with Crippen molar-refractivity contribution >= 4 is 21.8 Å². The van der Waals surface area contributed by atoms with E-state index < -0.39 is 0 Å². The van der Waals surface area contributed by atoms with Gasteiger partial charge in [0.1, 0.15) is 5.82 Å². The van der Waals surface area contributed by atoms with Crippen LogP contribution in [0.1, 0.15) is 12.0 Å². The molecule has 0 aromatic heterocycles. The fourth-order valence-corrected chi connectivity index (χ4v) is 1.77. The molecular weight excluding hydrogens is 273 g/mol.